The third kappa shape index (κ3) is 7.93. The van der Waals surface area contributed by atoms with Gasteiger partial charge in [0, 0.05) is 23.9 Å². The van der Waals surface area contributed by atoms with E-state index in [4.69, 9.17) is 9.47 Å². The summed E-state index contributed by atoms with van der Waals surface area (Å²) in [5.41, 5.74) is 2.78. The SMILES string of the molecule is CC(C)(C)OC(=O)NC1CC1c1ccc(C(=O)C(Cc2ccccc2)NC(=O)OCc2ccccc2)cc1. The van der Waals surface area contributed by atoms with E-state index in [1.165, 1.54) is 0 Å². The van der Waals surface area contributed by atoms with Gasteiger partial charge in [-0.25, -0.2) is 9.59 Å². The fourth-order valence-electron chi connectivity index (χ4n) is 4.24. The maximum atomic E-state index is 13.5. The molecule has 2 amide bonds. The van der Waals surface area contributed by atoms with Crippen molar-refractivity contribution in [1.82, 2.24) is 10.6 Å². The zero-order valence-electron chi connectivity index (χ0n) is 22.0. The van der Waals surface area contributed by atoms with Crippen LogP contribution in [0.5, 0.6) is 0 Å². The molecule has 1 aliphatic rings. The van der Waals surface area contributed by atoms with Crippen LogP contribution in [0, 0.1) is 0 Å². The largest absolute Gasteiger partial charge is 0.445 e. The summed E-state index contributed by atoms with van der Waals surface area (Å²) in [4.78, 5) is 38.1. The third-order valence-electron chi connectivity index (χ3n) is 6.22. The maximum absolute atomic E-state index is 13.5. The molecule has 3 atom stereocenters. The third-order valence-corrected chi connectivity index (χ3v) is 6.22. The van der Waals surface area contributed by atoms with Crippen LogP contribution in [0.2, 0.25) is 0 Å². The molecule has 0 bridgehead atoms. The van der Waals surface area contributed by atoms with E-state index in [2.05, 4.69) is 10.6 Å². The molecule has 0 heterocycles. The number of ether oxygens (including phenoxy) is 2. The number of hydrogen-bond donors (Lipinski definition) is 2. The number of carbonyl (C=O) groups excluding carboxylic acids is 3. The van der Waals surface area contributed by atoms with E-state index >= 15 is 0 Å². The van der Waals surface area contributed by atoms with Crippen LogP contribution in [0.15, 0.2) is 84.9 Å². The van der Waals surface area contributed by atoms with Crippen molar-refractivity contribution in [3.05, 3.63) is 107 Å². The Bertz CT molecular complexity index is 1240. The Morgan fingerprint density at radius 3 is 2.05 bits per heavy atom. The quantitative estimate of drug-likeness (QED) is 0.353. The molecule has 3 aromatic carbocycles. The van der Waals surface area contributed by atoms with E-state index < -0.39 is 23.8 Å². The van der Waals surface area contributed by atoms with E-state index in [0.717, 1.165) is 23.1 Å². The van der Waals surface area contributed by atoms with E-state index in [1.807, 2.05) is 93.6 Å². The number of Topliss-reactive ketones (excluding diaryl/α,β-unsaturated/α-hetero) is 1. The lowest BCUT2D eigenvalue weighted by Gasteiger charge is -2.19. The molecule has 3 unspecified atom stereocenters. The fraction of sp³-hybridized carbons (Fsp3) is 0.323. The second-order valence-electron chi connectivity index (χ2n) is 10.5. The predicted octanol–water partition coefficient (Wildman–Crippen LogP) is 5.79. The Kier molecular flexibility index (Phi) is 8.46. The van der Waals surface area contributed by atoms with Crippen molar-refractivity contribution in [2.45, 2.75) is 63.8 Å². The Hall–Kier alpha value is -4.13. The Labute approximate surface area is 223 Å². The van der Waals surface area contributed by atoms with Gasteiger partial charge in [0.1, 0.15) is 12.2 Å². The molecule has 0 radical (unpaired) electrons. The number of alkyl carbamates (subject to hydrolysis) is 2. The second-order valence-corrected chi connectivity index (χ2v) is 10.5. The van der Waals surface area contributed by atoms with Crippen molar-refractivity contribution in [3.8, 4) is 0 Å². The second kappa shape index (κ2) is 11.9. The first-order valence-corrected chi connectivity index (χ1v) is 12.8. The number of rotatable bonds is 9. The van der Waals surface area contributed by atoms with E-state index in [-0.39, 0.29) is 24.3 Å². The molecule has 3 aromatic rings. The zero-order chi connectivity index (χ0) is 27.1. The highest BCUT2D eigenvalue weighted by atomic mass is 16.6. The van der Waals surface area contributed by atoms with Crippen LogP contribution in [0.25, 0.3) is 0 Å². The van der Waals surface area contributed by atoms with Crippen molar-refractivity contribution in [2.75, 3.05) is 0 Å². The first-order valence-electron chi connectivity index (χ1n) is 12.8. The first-order chi connectivity index (χ1) is 18.2. The minimum Gasteiger partial charge on any atom is -0.445 e. The lowest BCUT2D eigenvalue weighted by atomic mass is 9.96. The van der Waals surface area contributed by atoms with Gasteiger partial charge in [-0.3, -0.25) is 4.79 Å². The molecule has 1 saturated carbocycles. The Morgan fingerprint density at radius 2 is 1.45 bits per heavy atom. The smallest absolute Gasteiger partial charge is 0.408 e. The predicted molar refractivity (Wildman–Crippen MR) is 145 cm³/mol. The van der Waals surface area contributed by atoms with Gasteiger partial charge in [-0.15, -0.1) is 0 Å². The average molecular weight is 515 g/mol. The van der Waals surface area contributed by atoms with Crippen molar-refractivity contribution in [2.24, 2.45) is 0 Å². The molecule has 4 rings (SSSR count). The lowest BCUT2D eigenvalue weighted by molar-refractivity contribution is 0.0522. The number of amides is 2. The normalized spacial score (nSPS) is 17.1. The number of benzene rings is 3. The highest BCUT2D eigenvalue weighted by Gasteiger charge is 2.40. The average Bonchev–Trinajstić information content (AvgIpc) is 3.65. The van der Waals surface area contributed by atoms with Gasteiger partial charge in [0.25, 0.3) is 0 Å². The van der Waals surface area contributed by atoms with Gasteiger partial charge >= 0.3 is 12.2 Å². The number of ketones is 1. The molecular weight excluding hydrogens is 480 g/mol. The summed E-state index contributed by atoms with van der Waals surface area (Å²) in [7, 11) is 0. The molecule has 0 saturated heterocycles. The Balaban J connectivity index is 1.38. The van der Waals surface area contributed by atoms with Gasteiger partial charge in [0.05, 0.1) is 6.04 Å². The van der Waals surface area contributed by atoms with Crippen LogP contribution in [-0.2, 0) is 22.5 Å². The monoisotopic (exact) mass is 514 g/mol. The minimum atomic E-state index is -0.783. The van der Waals surface area contributed by atoms with Crippen molar-refractivity contribution in [3.63, 3.8) is 0 Å². The van der Waals surface area contributed by atoms with Crippen molar-refractivity contribution < 1.29 is 23.9 Å². The molecule has 2 N–H and O–H groups in total. The summed E-state index contributed by atoms with van der Waals surface area (Å²) in [6, 6.07) is 25.5. The summed E-state index contributed by atoms with van der Waals surface area (Å²) < 4.78 is 10.7. The molecule has 0 aliphatic heterocycles. The van der Waals surface area contributed by atoms with Gasteiger partial charge in [0.2, 0.25) is 0 Å². The Morgan fingerprint density at radius 1 is 0.842 bits per heavy atom. The van der Waals surface area contributed by atoms with Gasteiger partial charge in [-0.2, -0.15) is 0 Å². The molecule has 0 spiro atoms. The molecule has 38 heavy (non-hydrogen) atoms. The molecule has 198 valence electrons. The van der Waals surface area contributed by atoms with E-state index in [9.17, 15) is 14.4 Å². The lowest BCUT2D eigenvalue weighted by Crippen LogP contribution is -2.42. The molecule has 1 aliphatic carbocycles. The maximum Gasteiger partial charge on any atom is 0.408 e. The summed E-state index contributed by atoms with van der Waals surface area (Å²) in [5, 5.41) is 5.66. The first kappa shape index (κ1) is 26.9. The van der Waals surface area contributed by atoms with Crippen LogP contribution in [-0.4, -0.2) is 35.7 Å². The minimum absolute atomic E-state index is 0.0123. The fourth-order valence-corrected chi connectivity index (χ4v) is 4.24. The van der Waals surface area contributed by atoms with Gasteiger partial charge in [0.15, 0.2) is 5.78 Å². The topological polar surface area (TPSA) is 93.7 Å². The molecule has 0 aromatic heterocycles. The number of nitrogens with one attached hydrogen (secondary N) is 2. The van der Waals surface area contributed by atoms with Crippen LogP contribution >= 0.6 is 0 Å². The van der Waals surface area contributed by atoms with E-state index in [0.29, 0.717) is 12.0 Å². The highest BCUT2D eigenvalue weighted by Crippen LogP contribution is 2.41. The van der Waals surface area contributed by atoms with Crippen molar-refractivity contribution >= 4 is 18.0 Å². The molecule has 7 nitrogen and oxygen atoms in total. The number of hydrogen-bond acceptors (Lipinski definition) is 5. The summed E-state index contributed by atoms with van der Waals surface area (Å²) >= 11 is 0. The molecule has 7 heteroatoms. The molecular formula is C31H34N2O5. The van der Waals surface area contributed by atoms with Crippen LogP contribution in [0.4, 0.5) is 9.59 Å². The van der Waals surface area contributed by atoms with Gasteiger partial charge in [-0.05, 0) is 43.9 Å². The standard InChI is InChI=1S/C31H34N2O5/c1-31(2,3)38-30(36)32-26-19-25(26)23-14-16-24(17-15-23)28(34)27(18-21-10-6-4-7-11-21)33-29(35)37-20-22-12-8-5-9-13-22/h4-17,25-27H,18-20H2,1-3H3,(H,32,36)(H,33,35). The molecule has 1 fully saturated rings. The highest BCUT2D eigenvalue weighted by molar-refractivity contribution is 6.01. The summed E-state index contributed by atoms with van der Waals surface area (Å²) in [5.74, 6) is -0.0193. The van der Waals surface area contributed by atoms with Gasteiger partial charge < -0.3 is 20.1 Å². The van der Waals surface area contributed by atoms with Crippen LogP contribution in [0.3, 0.4) is 0 Å². The van der Waals surface area contributed by atoms with Crippen molar-refractivity contribution in [1.29, 1.82) is 0 Å². The summed E-state index contributed by atoms with van der Waals surface area (Å²) in [6.07, 6.45) is 0.0872. The van der Waals surface area contributed by atoms with Crippen LogP contribution in [0.1, 0.15) is 60.2 Å². The zero-order valence-corrected chi connectivity index (χ0v) is 22.0. The van der Waals surface area contributed by atoms with Gasteiger partial charge in [-0.1, -0.05) is 84.9 Å². The van der Waals surface area contributed by atoms with E-state index in [1.54, 1.807) is 12.1 Å². The number of carbonyl (C=O) groups is 3. The summed E-state index contributed by atoms with van der Waals surface area (Å²) in [6.45, 7) is 5.61. The van der Waals surface area contributed by atoms with Crippen LogP contribution < -0.4 is 10.6 Å².